The lowest BCUT2D eigenvalue weighted by Crippen LogP contribution is -2.55. The Balaban J connectivity index is 0.000000144. The number of carboxylic acids is 1. The molecule has 23 heteroatoms. The minimum absolute atomic E-state index is 0.0168. The van der Waals surface area contributed by atoms with Gasteiger partial charge in [-0.15, -0.1) is 34.0 Å². The first-order valence-corrected chi connectivity index (χ1v) is 28.6. The van der Waals surface area contributed by atoms with Gasteiger partial charge in [0.05, 0.1) is 108 Å². The zero-order valence-electron chi connectivity index (χ0n) is 44.1. The van der Waals surface area contributed by atoms with Gasteiger partial charge in [-0.05, 0) is 123 Å². The molecule has 0 spiro atoms. The topological polar surface area (TPSA) is 267 Å². The fourth-order valence-electron chi connectivity index (χ4n) is 10.2. The van der Waals surface area contributed by atoms with Crippen LogP contribution in [0, 0.1) is 34.0 Å². The first-order valence-electron chi connectivity index (χ1n) is 25.9. The second-order valence-electron chi connectivity index (χ2n) is 20.2. The van der Waals surface area contributed by atoms with Crippen LogP contribution in [0.15, 0.2) is 52.9 Å². The van der Waals surface area contributed by atoms with E-state index in [9.17, 15) is 25.1 Å². The van der Waals surface area contributed by atoms with E-state index in [0.717, 1.165) is 74.7 Å². The molecule has 8 heterocycles. The number of nitrogens with one attached hydrogen (secondary N) is 1. The fourth-order valence-corrected chi connectivity index (χ4v) is 12.8. The molecule has 5 aliphatic rings. The highest BCUT2D eigenvalue weighted by Gasteiger charge is 2.34. The van der Waals surface area contributed by atoms with E-state index in [1.807, 2.05) is 56.0 Å². The van der Waals surface area contributed by atoms with Gasteiger partial charge >= 0.3 is 5.97 Å². The standard InChI is InChI=1S/C20H25N5O2S.C14H13N3O3S.C14H15N3O2S.C6H14N2/c1-13-10-25(16-4-3-14(9-21)18-19(16)28-12-22-18)11-17(27-13)20(26)23-15-5-7-24(2)8-6-15;1-8-5-17(6-11(20-8)14(18)19)10-3-2-9(4-15)12-13(10)21-7-16-12;1-9-5-17(6-11(7-18)19-9)12-3-2-10(4-15)13-14(12)20-8-16-13;1-8-4-2-6(7)3-5-8/h3-4,12-13,15,17H,5-8,10-11H2,1-2H3,(H,23,26);2-3,7-8,11H,5-6H2,1H3,(H,18,19);2-3,8-9,11,18H,5-7H2,1H3;6H,2-5,7H2,1H3/t13-,17-;8-,11-;9-,11-;/m111./s1. The molecule has 0 radical (unpaired) electrons. The number of hydrogen-bond acceptors (Lipinski definition) is 21. The first kappa shape index (κ1) is 57.0. The molecule has 0 unspecified atom stereocenters. The number of anilines is 3. The summed E-state index contributed by atoms with van der Waals surface area (Å²) in [5.74, 6) is -0.985. The van der Waals surface area contributed by atoms with Crippen molar-refractivity contribution < 1.29 is 34.0 Å². The van der Waals surface area contributed by atoms with Crippen LogP contribution in [0.5, 0.6) is 0 Å². The number of morpholine rings is 3. The number of thiazole rings is 3. The molecule has 5 saturated heterocycles. The third-order valence-corrected chi connectivity index (χ3v) is 16.8. The summed E-state index contributed by atoms with van der Waals surface area (Å²) < 4.78 is 20.0. The van der Waals surface area contributed by atoms with Crippen molar-refractivity contribution in [1.29, 1.82) is 15.8 Å². The Hall–Kier alpha value is -6.14. The van der Waals surface area contributed by atoms with E-state index in [1.165, 1.54) is 59.9 Å². The second-order valence-corrected chi connectivity index (χ2v) is 22.8. The van der Waals surface area contributed by atoms with Gasteiger partial charge in [-0.25, -0.2) is 19.7 Å². The number of benzene rings is 3. The molecule has 5 aliphatic heterocycles. The molecule has 408 valence electrons. The van der Waals surface area contributed by atoms with Crippen LogP contribution in [-0.4, -0.2) is 182 Å². The number of fused-ring (bicyclic) bond motifs is 3. The molecule has 5 fully saturated rings. The quantitative estimate of drug-likeness (QED) is 0.151. The van der Waals surface area contributed by atoms with Crippen molar-refractivity contribution in [3.05, 3.63) is 69.6 Å². The largest absolute Gasteiger partial charge is 0.479 e. The maximum atomic E-state index is 12.9. The van der Waals surface area contributed by atoms with E-state index in [2.05, 4.69) is 72.2 Å². The number of aliphatic hydroxyl groups is 1. The summed E-state index contributed by atoms with van der Waals surface area (Å²) in [5, 5.41) is 49.2. The van der Waals surface area contributed by atoms with Crippen molar-refractivity contribution in [3.63, 3.8) is 0 Å². The highest BCUT2D eigenvalue weighted by atomic mass is 32.1. The van der Waals surface area contributed by atoms with Crippen LogP contribution in [0.4, 0.5) is 17.1 Å². The number of carbonyl (C=O) groups is 2. The van der Waals surface area contributed by atoms with Crippen molar-refractivity contribution in [2.75, 3.05) is 101 Å². The number of nitrogens with zero attached hydrogens (tertiary/aromatic N) is 11. The minimum atomic E-state index is -0.958. The number of rotatable bonds is 7. The Morgan fingerprint density at radius 1 is 0.623 bits per heavy atom. The van der Waals surface area contributed by atoms with Gasteiger partial charge in [-0.2, -0.15) is 15.8 Å². The zero-order chi connectivity index (χ0) is 54.8. The Morgan fingerprint density at radius 2 is 1.01 bits per heavy atom. The lowest BCUT2D eigenvalue weighted by Gasteiger charge is -2.38. The van der Waals surface area contributed by atoms with E-state index in [0.29, 0.717) is 61.0 Å². The maximum Gasteiger partial charge on any atom is 0.334 e. The number of amides is 1. The van der Waals surface area contributed by atoms with Crippen molar-refractivity contribution in [1.82, 2.24) is 30.1 Å². The number of aliphatic carboxylic acids is 1. The molecule has 20 nitrogen and oxygen atoms in total. The van der Waals surface area contributed by atoms with Gasteiger partial charge in [0.25, 0.3) is 5.91 Å². The number of ether oxygens (including phenoxy) is 3. The smallest absolute Gasteiger partial charge is 0.334 e. The number of likely N-dealkylation sites (tertiary alicyclic amines) is 2. The lowest BCUT2D eigenvalue weighted by atomic mass is 10.0. The average molecular weight is 1110 g/mol. The molecule has 0 bridgehead atoms. The highest BCUT2D eigenvalue weighted by Crippen LogP contribution is 2.36. The Morgan fingerprint density at radius 3 is 1.42 bits per heavy atom. The average Bonchev–Trinajstić information content (AvgIpc) is 4.29. The number of piperidine rings is 2. The summed E-state index contributed by atoms with van der Waals surface area (Å²) in [6.45, 7) is 13.8. The summed E-state index contributed by atoms with van der Waals surface area (Å²) in [5.41, 5.74) is 17.8. The van der Waals surface area contributed by atoms with Gasteiger partial charge in [-0.3, -0.25) is 4.79 Å². The van der Waals surface area contributed by atoms with Gasteiger partial charge in [0.1, 0.15) is 34.8 Å². The second kappa shape index (κ2) is 26.5. The third kappa shape index (κ3) is 14.1. The Bertz CT molecular complexity index is 3090. The third-order valence-electron chi connectivity index (χ3n) is 14.2. The van der Waals surface area contributed by atoms with Crippen LogP contribution in [0.1, 0.15) is 63.1 Å². The number of aliphatic hydroxyl groups excluding tert-OH is 1. The molecule has 0 aliphatic carbocycles. The van der Waals surface area contributed by atoms with Crippen LogP contribution in [-0.2, 0) is 23.8 Å². The van der Waals surface area contributed by atoms with Crippen LogP contribution in [0.2, 0.25) is 0 Å². The molecular weight excluding hydrogens is 1040 g/mol. The van der Waals surface area contributed by atoms with Crippen LogP contribution < -0.4 is 25.8 Å². The molecule has 77 heavy (non-hydrogen) atoms. The molecule has 6 atom stereocenters. The summed E-state index contributed by atoms with van der Waals surface area (Å²) in [6, 6.07) is 18.3. The lowest BCUT2D eigenvalue weighted by molar-refractivity contribution is -0.154. The number of nitriles is 3. The first-order chi connectivity index (χ1) is 37.2. The van der Waals surface area contributed by atoms with E-state index < -0.39 is 18.2 Å². The van der Waals surface area contributed by atoms with Crippen LogP contribution in [0.25, 0.3) is 30.6 Å². The van der Waals surface area contributed by atoms with E-state index in [4.69, 9.17) is 30.5 Å². The number of hydrogen-bond donors (Lipinski definition) is 4. The molecule has 11 rings (SSSR count). The molecule has 3 aromatic carbocycles. The Labute approximate surface area is 460 Å². The number of carbonyl (C=O) groups excluding carboxylic acids is 1. The van der Waals surface area contributed by atoms with Gasteiger partial charge in [0, 0.05) is 38.3 Å². The number of aromatic nitrogens is 3. The summed E-state index contributed by atoms with van der Waals surface area (Å²) in [4.78, 5) is 47.9. The molecule has 6 aromatic rings. The van der Waals surface area contributed by atoms with Gasteiger partial charge in [0.15, 0.2) is 12.2 Å². The van der Waals surface area contributed by atoms with Crippen molar-refractivity contribution in [3.8, 4) is 18.2 Å². The van der Waals surface area contributed by atoms with Crippen LogP contribution in [0.3, 0.4) is 0 Å². The molecule has 0 saturated carbocycles. The normalized spacial score (nSPS) is 23.6. The summed E-state index contributed by atoms with van der Waals surface area (Å²) in [6.07, 6.45) is 2.65. The summed E-state index contributed by atoms with van der Waals surface area (Å²) >= 11 is 4.52. The van der Waals surface area contributed by atoms with E-state index in [-0.39, 0.29) is 43.0 Å². The molecule has 3 aromatic heterocycles. The predicted molar refractivity (Wildman–Crippen MR) is 301 cm³/mol. The van der Waals surface area contributed by atoms with Crippen molar-refractivity contribution in [2.24, 2.45) is 5.73 Å². The molecular formula is C54H67N13O7S3. The monoisotopic (exact) mass is 1110 g/mol. The molecule has 5 N–H and O–H groups in total. The highest BCUT2D eigenvalue weighted by molar-refractivity contribution is 7.18. The number of nitrogens with two attached hydrogens (primary N) is 1. The summed E-state index contributed by atoms with van der Waals surface area (Å²) in [7, 11) is 4.26. The predicted octanol–water partition coefficient (Wildman–Crippen LogP) is 5.61. The van der Waals surface area contributed by atoms with Gasteiger partial charge in [0.2, 0.25) is 0 Å². The molecule has 1 amide bonds. The van der Waals surface area contributed by atoms with Gasteiger partial charge in [-0.1, -0.05) is 0 Å². The van der Waals surface area contributed by atoms with E-state index in [1.54, 1.807) is 22.6 Å². The van der Waals surface area contributed by atoms with Crippen LogP contribution >= 0.6 is 34.0 Å². The zero-order valence-corrected chi connectivity index (χ0v) is 46.5. The maximum absolute atomic E-state index is 12.9. The van der Waals surface area contributed by atoms with E-state index >= 15 is 0 Å². The Kier molecular flexibility index (Phi) is 19.6. The van der Waals surface area contributed by atoms with Gasteiger partial charge < -0.3 is 60.0 Å². The SMILES string of the molecule is CN1CCC(N)CC1.C[C@@H]1CN(c2ccc(C#N)c3ncsc23)C[C@H](C(=O)NC2CCN(C)CC2)O1.C[C@@H]1CN(c2ccc(C#N)c3ncsc23)C[C@H](C(=O)O)O1.C[C@@H]1CN(c2ccc(C#N)c3ncsc23)C[C@H](CO)O1. The fraction of sp³-hybridized carbons (Fsp3) is 0.519. The van der Waals surface area contributed by atoms with Crippen molar-refractivity contribution >= 4 is 93.6 Å². The van der Waals surface area contributed by atoms with Crippen molar-refractivity contribution in [2.45, 2.75) is 95.2 Å². The number of carboxylic acid groups (broad SMARTS) is 1. The minimum Gasteiger partial charge on any atom is -0.479 e.